The van der Waals surface area contributed by atoms with Gasteiger partial charge in [-0.3, -0.25) is 14.8 Å². The zero-order chi connectivity index (χ0) is 19.2. The molecule has 0 bridgehead atoms. The van der Waals surface area contributed by atoms with Crippen LogP contribution in [0, 0.1) is 11.8 Å². The number of carbonyl (C=O) groups excluding carboxylic acids is 1. The minimum absolute atomic E-state index is 0.0906. The average molecular weight is 378 g/mol. The molecule has 1 aromatic carbocycles. The number of nitrogens with zero attached hydrogens (tertiary/aromatic N) is 3. The molecule has 1 amide bonds. The number of halogens is 3. The summed E-state index contributed by atoms with van der Waals surface area (Å²) in [6.45, 7) is 3.25. The normalized spacial score (nSPS) is 23.7. The number of carbonyl (C=O) groups is 1. The number of aromatic nitrogens is 2. The maximum absolute atomic E-state index is 12.7. The number of nitrogens with one attached hydrogen (secondary N) is 1. The molecule has 2 aliphatic heterocycles. The van der Waals surface area contributed by atoms with Gasteiger partial charge in [0.05, 0.1) is 11.6 Å². The van der Waals surface area contributed by atoms with Crippen molar-refractivity contribution in [2.75, 3.05) is 26.7 Å². The lowest BCUT2D eigenvalue weighted by Gasteiger charge is -2.30. The molecule has 1 N–H and O–H groups in total. The van der Waals surface area contributed by atoms with Gasteiger partial charge in [-0.2, -0.15) is 18.3 Å². The van der Waals surface area contributed by atoms with Crippen LogP contribution in [-0.2, 0) is 17.5 Å². The second-order valence-electron chi connectivity index (χ2n) is 7.47. The molecule has 4 rings (SSSR count). The largest absolute Gasteiger partial charge is 0.432 e. The molecule has 5 nitrogen and oxygen atoms in total. The molecular formula is C19H21F3N4O. The van der Waals surface area contributed by atoms with Crippen LogP contribution in [0.3, 0.4) is 0 Å². The standard InChI is InChI=1S/C19H21F3N4O/c1-25-7-6-14-10-26(11-15(14)18(25)27)9-12-2-4-13(5-3-12)16-8-17(24-23-16)19(20,21)22/h2-5,8,14-15H,6-7,9-11H2,1H3,(H,23,24)/t14-,15+/m1/s1. The van der Waals surface area contributed by atoms with E-state index >= 15 is 0 Å². The van der Waals surface area contributed by atoms with Crippen molar-refractivity contribution in [1.82, 2.24) is 20.0 Å². The molecule has 0 radical (unpaired) electrons. The topological polar surface area (TPSA) is 52.2 Å². The summed E-state index contributed by atoms with van der Waals surface area (Å²) in [6, 6.07) is 8.41. The fraction of sp³-hybridized carbons (Fsp3) is 0.474. The summed E-state index contributed by atoms with van der Waals surface area (Å²) in [7, 11) is 1.86. The van der Waals surface area contributed by atoms with Crippen LogP contribution in [0.15, 0.2) is 30.3 Å². The predicted octanol–water partition coefficient (Wildman–Crippen LogP) is 3.01. The van der Waals surface area contributed by atoms with E-state index in [4.69, 9.17) is 0 Å². The molecule has 2 saturated heterocycles. The van der Waals surface area contributed by atoms with Crippen molar-refractivity contribution in [3.05, 3.63) is 41.6 Å². The number of amides is 1. The van der Waals surface area contributed by atoms with Crippen molar-refractivity contribution in [3.8, 4) is 11.3 Å². The zero-order valence-electron chi connectivity index (χ0n) is 15.0. The highest BCUT2D eigenvalue weighted by molar-refractivity contribution is 5.80. The maximum Gasteiger partial charge on any atom is 0.432 e. The fourth-order valence-electron chi connectivity index (χ4n) is 4.07. The van der Waals surface area contributed by atoms with Gasteiger partial charge in [0.1, 0.15) is 5.69 Å². The van der Waals surface area contributed by atoms with Gasteiger partial charge in [0.15, 0.2) is 0 Å². The third-order valence-corrected chi connectivity index (χ3v) is 5.58. The van der Waals surface area contributed by atoms with Gasteiger partial charge in [0.2, 0.25) is 5.91 Å². The van der Waals surface area contributed by atoms with E-state index in [-0.39, 0.29) is 17.5 Å². The first-order valence-corrected chi connectivity index (χ1v) is 9.00. The van der Waals surface area contributed by atoms with Crippen LogP contribution < -0.4 is 0 Å². The van der Waals surface area contributed by atoms with Crippen molar-refractivity contribution in [1.29, 1.82) is 0 Å². The van der Waals surface area contributed by atoms with Crippen LogP contribution in [-0.4, -0.2) is 52.6 Å². The summed E-state index contributed by atoms with van der Waals surface area (Å²) < 4.78 is 38.0. The Morgan fingerprint density at radius 2 is 1.96 bits per heavy atom. The van der Waals surface area contributed by atoms with Crippen LogP contribution in [0.25, 0.3) is 11.3 Å². The summed E-state index contributed by atoms with van der Waals surface area (Å²) in [6.07, 6.45) is -3.38. The minimum atomic E-state index is -4.43. The fourth-order valence-corrected chi connectivity index (χ4v) is 4.07. The molecule has 1 aromatic heterocycles. The molecule has 3 heterocycles. The lowest BCUT2D eigenvalue weighted by molar-refractivity contribution is -0.141. The minimum Gasteiger partial charge on any atom is -0.345 e. The molecule has 0 saturated carbocycles. The summed E-state index contributed by atoms with van der Waals surface area (Å²) in [5.74, 6) is 0.758. The Bertz CT molecular complexity index is 830. The molecule has 0 aliphatic carbocycles. The molecule has 2 fully saturated rings. The SMILES string of the molecule is CN1CC[C@@H]2CN(Cc3ccc(-c4cc(C(F)(F)F)[nH]n4)cc3)C[C@@H]2C1=O. The lowest BCUT2D eigenvalue weighted by atomic mass is 9.88. The van der Waals surface area contributed by atoms with Gasteiger partial charge >= 0.3 is 6.18 Å². The quantitative estimate of drug-likeness (QED) is 0.893. The summed E-state index contributed by atoms with van der Waals surface area (Å²) in [4.78, 5) is 16.4. The summed E-state index contributed by atoms with van der Waals surface area (Å²) in [5.41, 5.74) is 1.13. The van der Waals surface area contributed by atoms with E-state index in [0.29, 0.717) is 11.5 Å². The number of hydrogen-bond donors (Lipinski definition) is 1. The Morgan fingerprint density at radius 1 is 1.22 bits per heavy atom. The molecule has 2 aliphatic rings. The molecule has 2 atom stereocenters. The second kappa shape index (κ2) is 6.67. The van der Waals surface area contributed by atoms with Crippen LogP contribution in [0.5, 0.6) is 0 Å². The maximum atomic E-state index is 12.7. The first kappa shape index (κ1) is 18.0. The second-order valence-corrected chi connectivity index (χ2v) is 7.47. The number of hydrogen-bond acceptors (Lipinski definition) is 3. The molecule has 2 aromatic rings. The highest BCUT2D eigenvalue weighted by Gasteiger charge is 2.41. The number of rotatable bonds is 3. The Hall–Kier alpha value is -2.35. The van der Waals surface area contributed by atoms with Gasteiger partial charge in [-0.1, -0.05) is 24.3 Å². The van der Waals surface area contributed by atoms with Crippen molar-refractivity contribution in [3.63, 3.8) is 0 Å². The molecule has 8 heteroatoms. The first-order valence-electron chi connectivity index (χ1n) is 9.00. The lowest BCUT2D eigenvalue weighted by Crippen LogP contribution is -2.42. The van der Waals surface area contributed by atoms with Crippen molar-refractivity contribution >= 4 is 5.91 Å². The van der Waals surface area contributed by atoms with E-state index in [2.05, 4.69) is 10.00 Å². The van der Waals surface area contributed by atoms with Crippen LogP contribution in [0.4, 0.5) is 13.2 Å². The number of benzene rings is 1. The number of fused-ring (bicyclic) bond motifs is 1. The monoisotopic (exact) mass is 378 g/mol. The highest BCUT2D eigenvalue weighted by atomic mass is 19.4. The third kappa shape index (κ3) is 3.58. The van der Waals surface area contributed by atoms with Crippen LogP contribution >= 0.6 is 0 Å². The van der Waals surface area contributed by atoms with Crippen molar-refractivity contribution in [2.45, 2.75) is 19.1 Å². The highest BCUT2D eigenvalue weighted by Crippen LogP contribution is 2.33. The van der Waals surface area contributed by atoms with Gasteiger partial charge < -0.3 is 4.90 Å². The molecule has 144 valence electrons. The molecule has 27 heavy (non-hydrogen) atoms. The van der Waals surface area contributed by atoms with Gasteiger partial charge in [-0.25, -0.2) is 0 Å². The van der Waals surface area contributed by atoms with Crippen LogP contribution in [0.1, 0.15) is 17.7 Å². The Labute approximate surface area is 155 Å². The van der Waals surface area contributed by atoms with E-state index in [1.807, 2.05) is 29.2 Å². The third-order valence-electron chi connectivity index (χ3n) is 5.58. The van der Waals surface area contributed by atoms with Gasteiger partial charge in [-0.15, -0.1) is 0 Å². The molecule has 0 unspecified atom stereocenters. The summed E-state index contributed by atoms with van der Waals surface area (Å²) in [5, 5.41) is 5.79. The van der Waals surface area contributed by atoms with E-state index in [1.54, 1.807) is 12.1 Å². The van der Waals surface area contributed by atoms with E-state index < -0.39 is 11.9 Å². The van der Waals surface area contributed by atoms with Crippen LogP contribution in [0.2, 0.25) is 0 Å². The van der Waals surface area contributed by atoms with Crippen molar-refractivity contribution in [2.24, 2.45) is 11.8 Å². The Morgan fingerprint density at radius 3 is 2.63 bits per heavy atom. The number of likely N-dealkylation sites (tertiary alicyclic amines) is 2. The van der Waals surface area contributed by atoms with E-state index in [9.17, 15) is 18.0 Å². The molecular weight excluding hydrogens is 357 g/mol. The number of aromatic amines is 1. The van der Waals surface area contributed by atoms with Gasteiger partial charge in [0, 0.05) is 38.8 Å². The average Bonchev–Trinajstić information content (AvgIpc) is 3.26. The van der Waals surface area contributed by atoms with Gasteiger partial charge in [-0.05, 0) is 24.0 Å². The number of H-pyrrole nitrogens is 1. The van der Waals surface area contributed by atoms with Gasteiger partial charge in [0.25, 0.3) is 0 Å². The van der Waals surface area contributed by atoms with E-state index in [0.717, 1.165) is 44.2 Å². The Balaban J connectivity index is 1.41. The number of alkyl halides is 3. The van der Waals surface area contributed by atoms with Crippen molar-refractivity contribution < 1.29 is 18.0 Å². The molecule has 0 spiro atoms. The number of piperidine rings is 1. The summed E-state index contributed by atoms with van der Waals surface area (Å²) >= 11 is 0. The Kier molecular flexibility index (Phi) is 4.46. The first-order chi connectivity index (χ1) is 12.8. The zero-order valence-corrected chi connectivity index (χ0v) is 15.0. The predicted molar refractivity (Wildman–Crippen MR) is 93.5 cm³/mol. The van der Waals surface area contributed by atoms with E-state index in [1.165, 1.54) is 0 Å². The smallest absolute Gasteiger partial charge is 0.345 e.